The van der Waals surface area contributed by atoms with E-state index in [9.17, 15) is 9.59 Å². The van der Waals surface area contributed by atoms with Crippen LogP contribution < -0.4 is 4.74 Å². The third-order valence-corrected chi connectivity index (χ3v) is 1.38. The van der Waals surface area contributed by atoms with Crippen LogP contribution in [-0.4, -0.2) is 11.9 Å². The van der Waals surface area contributed by atoms with E-state index in [0.717, 1.165) is 12.3 Å². The van der Waals surface area contributed by atoms with Crippen LogP contribution in [0.2, 0.25) is 0 Å². The summed E-state index contributed by atoms with van der Waals surface area (Å²) in [7, 11) is 0. The molecule has 0 atom stereocenters. The number of ether oxygens (including phenoxy) is 2. The first kappa shape index (κ1) is 14.6. The number of esters is 2. The molecule has 0 N–H and O–H groups in total. The van der Waals surface area contributed by atoms with Crippen LogP contribution in [0.3, 0.4) is 0 Å². The van der Waals surface area contributed by atoms with Crippen molar-refractivity contribution in [2.24, 2.45) is 0 Å². The molecule has 1 rings (SSSR count). The fourth-order valence-corrected chi connectivity index (χ4v) is 0.764. The van der Waals surface area contributed by atoms with Crippen LogP contribution in [0.25, 0.3) is 0 Å². The van der Waals surface area contributed by atoms with Gasteiger partial charge in [0.05, 0.1) is 6.26 Å². The predicted molar refractivity (Wildman–Crippen MR) is 64.2 cm³/mol. The van der Waals surface area contributed by atoms with Crippen molar-refractivity contribution in [1.82, 2.24) is 0 Å². The summed E-state index contributed by atoms with van der Waals surface area (Å²) in [5, 5.41) is 0. The van der Waals surface area contributed by atoms with Gasteiger partial charge < -0.3 is 9.47 Å². The molecule has 0 heterocycles. The third-order valence-electron chi connectivity index (χ3n) is 1.38. The molecule has 0 aliphatic carbocycles. The van der Waals surface area contributed by atoms with Crippen LogP contribution in [0.1, 0.15) is 6.92 Å². The Morgan fingerprint density at radius 1 is 1.18 bits per heavy atom. The van der Waals surface area contributed by atoms with Gasteiger partial charge in [-0.3, -0.25) is 4.79 Å². The summed E-state index contributed by atoms with van der Waals surface area (Å²) in [5.74, 6) is -0.224. The first-order valence-corrected chi connectivity index (χ1v) is 4.77. The summed E-state index contributed by atoms with van der Waals surface area (Å²) in [6, 6.07) is 8.87. The fourth-order valence-electron chi connectivity index (χ4n) is 0.764. The second kappa shape index (κ2) is 8.91. The van der Waals surface area contributed by atoms with Crippen molar-refractivity contribution in [3.63, 3.8) is 0 Å². The first-order valence-electron chi connectivity index (χ1n) is 4.77. The number of para-hydroxylation sites is 1. The number of carbonyl (C=O) groups is 2. The monoisotopic (exact) mass is 234 g/mol. The van der Waals surface area contributed by atoms with Gasteiger partial charge in [-0.25, -0.2) is 4.79 Å². The number of rotatable bonds is 3. The standard InChI is InChI=1S/C9H8O2.C4H6O2/c1-2-9(10)11-8-6-4-3-5-7-8;1-3-6-4(2)5/h2-7H,1H2;3H,1H2,2H3. The zero-order valence-electron chi connectivity index (χ0n) is 9.59. The first-order chi connectivity index (χ1) is 8.10. The van der Waals surface area contributed by atoms with Gasteiger partial charge in [0, 0.05) is 13.0 Å². The van der Waals surface area contributed by atoms with E-state index in [4.69, 9.17) is 4.74 Å². The molecule has 90 valence electrons. The van der Waals surface area contributed by atoms with Crippen molar-refractivity contribution < 1.29 is 19.1 Å². The molecule has 4 heteroatoms. The van der Waals surface area contributed by atoms with Gasteiger partial charge in [0.25, 0.3) is 0 Å². The zero-order chi connectivity index (χ0) is 13.1. The maximum atomic E-state index is 10.6. The van der Waals surface area contributed by atoms with E-state index in [2.05, 4.69) is 17.9 Å². The van der Waals surface area contributed by atoms with Gasteiger partial charge in [-0.1, -0.05) is 31.4 Å². The Kier molecular flexibility index (Phi) is 7.67. The van der Waals surface area contributed by atoms with E-state index in [1.54, 1.807) is 24.3 Å². The Morgan fingerprint density at radius 2 is 1.76 bits per heavy atom. The van der Waals surface area contributed by atoms with E-state index in [0.29, 0.717) is 5.75 Å². The van der Waals surface area contributed by atoms with Gasteiger partial charge in [-0.05, 0) is 12.1 Å². The minimum atomic E-state index is -0.434. The van der Waals surface area contributed by atoms with Gasteiger partial charge >= 0.3 is 11.9 Å². The van der Waals surface area contributed by atoms with Crippen LogP contribution in [0.4, 0.5) is 0 Å². The molecule has 0 saturated heterocycles. The van der Waals surface area contributed by atoms with E-state index < -0.39 is 5.97 Å². The third kappa shape index (κ3) is 8.62. The lowest BCUT2D eigenvalue weighted by molar-refractivity contribution is -0.135. The highest BCUT2D eigenvalue weighted by molar-refractivity contribution is 5.83. The second-order valence-corrected chi connectivity index (χ2v) is 2.71. The molecule has 1 aromatic carbocycles. The minimum Gasteiger partial charge on any atom is -0.435 e. The molecule has 0 amide bonds. The molecule has 0 unspecified atom stereocenters. The maximum absolute atomic E-state index is 10.6. The largest absolute Gasteiger partial charge is 0.435 e. The molecule has 0 aromatic heterocycles. The van der Waals surface area contributed by atoms with Crippen molar-refractivity contribution in [2.45, 2.75) is 6.92 Å². The Balaban J connectivity index is 0.000000366. The Labute approximate surface area is 100 Å². The lowest BCUT2D eigenvalue weighted by Gasteiger charge is -1.98. The fraction of sp³-hybridized carbons (Fsp3) is 0.0769. The van der Waals surface area contributed by atoms with E-state index in [-0.39, 0.29) is 5.97 Å². The number of benzene rings is 1. The van der Waals surface area contributed by atoms with E-state index in [1.807, 2.05) is 6.07 Å². The average molecular weight is 234 g/mol. The highest BCUT2D eigenvalue weighted by Crippen LogP contribution is 2.07. The molecule has 0 saturated carbocycles. The van der Waals surface area contributed by atoms with Crippen LogP contribution in [0.5, 0.6) is 5.75 Å². The summed E-state index contributed by atoms with van der Waals surface area (Å²) in [4.78, 5) is 20.4. The highest BCUT2D eigenvalue weighted by Gasteiger charge is 1.95. The van der Waals surface area contributed by atoms with Gasteiger partial charge in [-0.2, -0.15) is 0 Å². The number of hydrogen-bond donors (Lipinski definition) is 0. The molecule has 0 bridgehead atoms. The Morgan fingerprint density at radius 3 is 2.12 bits per heavy atom. The molecule has 4 nitrogen and oxygen atoms in total. The Bertz CT molecular complexity index is 382. The molecule has 0 aliphatic rings. The normalized spacial score (nSPS) is 8.06. The van der Waals surface area contributed by atoms with Gasteiger partial charge in [-0.15, -0.1) is 0 Å². The van der Waals surface area contributed by atoms with Crippen LogP contribution in [0, 0.1) is 0 Å². The van der Waals surface area contributed by atoms with E-state index >= 15 is 0 Å². The maximum Gasteiger partial charge on any atom is 0.335 e. The SMILES string of the molecule is C=CC(=O)Oc1ccccc1.C=COC(C)=O. The summed E-state index contributed by atoms with van der Waals surface area (Å²) in [6.07, 6.45) is 2.23. The topological polar surface area (TPSA) is 52.6 Å². The molecular weight excluding hydrogens is 220 g/mol. The highest BCUT2D eigenvalue weighted by atomic mass is 16.5. The zero-order valence-corrected chi connectivity index (χ0v) is 9.59. The average Bonchev–Trinajstić information content (AvgIpc) is 2.31. The lowest BCUT2D eigenvalue weighted by Crippen LogP contribution is -2.02. The lowest BCUT2D eigenvalue weighted by atomic mass is 10.3. The van der Waals surface area contributed by atoms with Crippen molar-refractivity contribution in [3.8, 4) is 5.75 Å². The van der Waals surface area contributed by atoms with Crippen molar-refractivity contribution in [1.29, 1.82) is 0 Å². The van der Waals surface area contributed by atoms with Crippen LogP contribution in [0.15, 0.2) is 55.8 Å². The van der Waals surface area contributed by atoms with Gasteiger partial charge in [0.15, 0.2) is 0 Å². The molecule has 0 radical (unpaired) electrons. The van der Waals surface area contributed by atoms with E-state index in [1.165, 1.54) is 6.92 Å². The smallest absolute Gasteiger partial charge is 0.335 e. The molecule has 1 aromatic rings. The van der Waals surface area contributed by atoms with Crippen molar-refractivity contribution in [2.75, 3.05) is 0 Å². The quantitative estimate of drug-likeness (QED) is 0.349. The summed E-state index contributed by atoms with van der Waals surface area (Å²) in [6.45, 7) is 7.76. The molecular formula is C13H14O4. The molecule has 0 fully saturated rings. The molecule has 0 aliphatic heterocycles. The van der Waals surface area contributed by atoms with Crippen LogP contribution >= 0.6 is 0 Å². The van der Waals surface area contributed by atoms with Crippen molar-refractivity contribution >= 4 is 11.9 Å². The second-order valence-electron chi connectivity index (χ2n) is 2.71. The van der Waals surface area contributed by atoms with Crippen molar-refractivity contribution in [3.05, 3.63) is 55.8 Å². The summed E-state index contributed by atoms with van der Waals surface area (Å²) in [5.41, 5.74) is 0. The molecule has 17 heavy (non-hydrogen) atoms. The molecule has 0 spiro atoms. The van der Waals surface area contributed by atoms with Crippen LogP contribution in [-0.2, 0) is 14.3 Å². The summed E-state index contributed by atoms with van der Waals surface area (Å²) < 4.78 is 8.97. The van der Waals surface area contributed by atoms with Gasteiger partial charge in [0.2, 0.25) is 0 Å². The Hall–Kier alpha value is -2.36. The minimum absolute atomic E-state index is 0.329. The van der Waals surface area contributed by atoms with Gasteiger partial charge in [0.1, 0.15) is 5.75 Å². The number of carbonyl (C=O) groups excluding carboxylic acids is 2. The number of hydrogen-bond acceptors (Lipinski definition) is 4. The summed E-state index contributed by atoms with van der Waals surface area (Å²) >= 11 is 0. The predicted octanol–water partition coefficient (Wildman–Crippen LogP) is 2.47.